The van der Waals surface area contributed by atoms with Crippen LogP contribution in [0.1, 0.15) is 35.7 Å². The van der Waals surface area contributed by atoms with Crippen LogP contribution in [-0.2, 0) is 16.0 Å². The summed E-state index contributed by atoms with van der Waals surface area (Å²) in [5, 5.41) is 19.8. The molecule has 0 radical (unpaired) electrons. The first-order valence-electron chi connectivity index (χ1n) is 8.18. The molecular weight excluding hydrogens is 344 g/mol. The molecule has 1 aliphatic carbocycles. The van der Waals surface area contributed by atoms with Gasteiger partial charge in [-0.15, -0.1) is 0 Å². The van der Waals surface area contributed by atoms with Crippen LogP contribution >= 0.6 is 11.6 Å². The number of esters is 1. The van der Waals surface area contributed by atoms with Gasteiger partial charge in [0.05, 0.1) is 11.1 Å². The highest BCUT2D eigenvalue weighted by Crippen LogP contribution is 2.44. The molecule has 3 rings (SSSR count). The van der Waals surface area contributed by atoms with Crippen LogP contribution in [0, 0.1) is 11.8 Å². The number of aromatic hydroxyl groups is 2. The molecule has 0 saturated heterocycles. The van der Waals surface area contributed by atoms with Crippen LogP contribution in [0.4, 0.5) is 0 Å². The van der Waals surface area contributed by atoms with Gasteiger partial charge in [0.25, 0.3) is 0 Å². The lowest BCUT2D eigenvalue weighted by Gasteiger charge is -2.17. The van der Waals surface area contributed by atoms with Crippen molar-refractivity contribution in [2.75, 3.05) is 0 Å². The standard InChI is InChI=1S/C19H19ClO5/c1-10-6-12-7-11(12)4-2-3-5-13(21)8-14-17(19(24)25-10)15(22)9-16(23)18(14)20/h2-5,9-12,22-23H,6-8H2,1H3/b4-2-,5-3+/t10-,11-,12-/m0/s1. The molecule has 1 aromatic rings. The summed E-state index contributed by atoms with van der Waals surface area (Å²) in [6.45, 7) is 1.80. The minimum Gasteiger partial charge on any atom is -0.507 e. The number of allylic oxidation sites excluding steroid dienone is 4. The van der Waals surface area contributed by atoms with Crippen molar-refractivity contribution in [3.8, 4) is 11.5 Å². The van der Waals surface area contributed by atoms with E-state index < -0.39 is 17.5 Å². The highest BCUT2D eigenvalue weighted by atomic mass is 35.5. The summed E-state index contributed by atoms with van der Waals surface area (Å²) in [6, 6.07) is 0.982. The van der Waals surface area contributed by atoms with Crippen LogP contribution in [0.2, 0.25) is 5.02 Å². The number of hydrogen-bond acceptors (Lipinski definition) is 5. The summed E-state index contributed by atoms with van der Waals surface area (Å²) in [5.41, 5.74) is -0.104. The molecule has 0 bridgehead atoms. The molecule has 1 aromatic carbocycles. The van der Waals surface area contributed by atoms with Crippen LogP contribution < -0.4 is 0 Å². The predicted molar refractivity (Wildman–Crippen MR) is 92.9 cm³/mol. The molecule has 2 N–H and O–H groups in total. The largest absolute Gasteiger partial charge is 0.507 e. The Hall–Kier alpha value is -2.27. The van der Waals surface area contributed by atoms with Gasteiger partial charge in [-0.2, -0.15) is 0 Å². The van der Waals surface area contributed by atoms with E-state index in [-0.39, 0.29) is 34.5 Å². The summed E-state index contributed by atoms with van der Waals surface area (Å²) in [5.74, 6) is -1.01. The van der Waals surface area contributed by atoms with E-state index in [2.05, 4.69) is 0 Å². The van der Waals surface area contributed by atoms with Crippen molar-refractivity contribution < 1.29 is 24.5 Å². The second-order valence-electron chi connectivity index (χ2n) is 6.58. The summed E-state index contributed by atoms with van der Waals surface area (Å²) >= 11 is 6.07. The van der Waals surface area contributed by atoms with Crippen LogP contribution in [0.3, 0.4) is 0 Å². The van der Waals surface area contributed by atoms with E-state index in [0.717, 1.165) is 18.9 Å². The van der Waals surface area contributed by atoms with Crippen molar-refractivity contribution in [2.24, 2.45) is 11.8 Å². The summed E-state index contributed by atoms with van der Waals surface area (Å²) < 4.78 is 5.44. The number of carbonyl (C=O) groups is 2. The van der Waals surface area contributed by atoms with E-state index in [1.165, 1.54) is 6.08 Å². The molecular formula is C19H19ClO5. The third kappa shape index (κ3) is 3.87. The molecule has 1 fully saturated rings. The maximum Gasteiger partial charge on any atom is 0.342 e. The Morgan fingerprint density at radius 3 is 2.68 bits per heavy atom. The zero-order valence-corrected chi connectivity index (χ0v) is 14.5. The van der Waals surface area contributed by atoms with Gasteiger partial charge in [-0.3, -0.25) is 4.79 Å². The zero-order chi connectivity index (χ0) is 18.1. The number of phenolic OH excluding ortho intramolecular Hbond substituents is 2. The van der Waals surface area contributed by atoms with Gasteiger partial charge in [-0.25, -0.2) is 4.79 Å². The second-order valence-corrected chi connectivity index (χ2v) is 6.96. The number of hydrogen-bond donors (Lipinski definition) is 2. The van der Waals surface area contributed by atoms with Gasteiger partial charge in [-0.1, -0.05) is 29.8 Å². The lowest BCUT2D eigenvalue weighted by Crippen LogP contribution is -2.18. The topological polar surface area (TPSA) is 83.8 Å². The molecule has 1 aliphatic heterocycles. The number of ketones is 1. The fourth-order valence-corrected chi connectivity index (χ4v) is 3.39. The first-order valence-corrected chi connectivity index (χ1v) is 8.56. The first kappa shape index (κ1) is 17.5. The zero-order valence-electron chi connectivity index (χ0n) is 13.7. The van der Waals surface area contributed by atoms with E-state index in [0.29, 0.717) is 11.8 Å². The quantitative estimate of drug-likeness (QED) is 0.689. The highest BCUT2D eigenvalue weighted by Gasteiger charge is 2.36. The van der Waals surface area contributed by atoms with Crippen molar-refractivity contribution in [1.29, 1.82) is 0 Å². The molecule has 0 unspecified atom stereocenters. The third-order valence-corrected chi connectivity index (χ3v) is 4.97. The third-order valence-electron chi connectivity index (χ3n) is 4.55. The highest BCUT2D eigenvalue weighted by molar-refractivity contribution is 6.33. The normalized spacial score (nSPS) is 29.0. The Morgan fingerprint density at radius 2 is 1.92 bits per heavy atom. The second kappa shape index (κ2) is 6.92. The molecule has 3 atom stereocenters. The molecule has 1 saturated carbocycles. The van der Waals surface area contributed by atoms with E-state index in [1.807, 2.05) is 12.2 Å². The molecule has 0 amide bonds. The van der Waals surface area contributed by atoms with Crippen molar-refractivity contribution in [2.45, 2.75) is 32.3 Å². The molecule has 5 nitrogen and oxygen atoms in total. The van der Waals surface area contributed by atoms with Crippen molar-refractivity contribution in [3.05, 3.63) is 46.5 Å². The maximum atomic E-state index is 12.5. The Kier molecular flexibility index (Phi) is 4.86. The summed E-state index contributed by atoms with van der Waals surface area (Å²) in [6.07, 6.45) is 8.13. The summed E-state index contributed by atoms with van der Waals surface area (Å²) in [7, 11) is 0. The number of benzene rings is 1. The first-order chi connectivity index (χ1) is 11.9. The number of phenols is 2. The Bertz CT molecular complexity index is 781. The molecule has 25 heavy (non-hydrogen) atoms. The van der Waals surface area contributed by atoms with Crippen molar-refractivity contribution >= 4 is 23.4 Å². The SMILES string of the molecule is C[C@H]1C[C@H]2C[C@@H]2/C=C\C=C\C(=O)Cc2c(Cl)c(O)cc(O)c2C(=O)O1. The van der Waals surface area contributed by atoms with E-state index in [9.17, 15) is 19.8 Å². The molecule has 2 aliphatic rings. The molecule has 0 spiro atoms. The van der Waals surface area contributed by atoms with E-state index >= 15 is 0 Å². The van der Waals surface area contributed by atoms with Crippen molar-refractivity contribution in [1.82, 2.24) is 0 Å². The fraction of sp³-hybridized carbons (Fsp3) is 0.368. The van der Waals surface area contributed by atoms with Gasteiger partial charge in [0.15, 0.2) is 5.78 Å². The average Bonchev–Trinajstić information content (AvgIpc) is 3.25. The van der Waals surface area contributed by atoms with Gasteiger partial charge in [0, 0.05) is 18.1 Å². The van der Waals surface area contributed by atoms with E-state index in [1.54, 1.807) is 13.0 Å². The molecule has 132 valence electrons. The van der Waals surface area contributed by atoms with Gasteiger partial charge in [-0.05, 0) is 37.7 Å². The monoisotopic (exact) mass is 362 g/mol. The van der Waals surface area contributed by atoms with Crippen LogP contribution in [0.25, 0.3) is 0 Å². The molecule has 6 heteroatoms. The minimum absolute atomic E-state index is 0.0661. The number of halogens is 1. The van der Waals surface area contributed by atoms with Gasteiger partial charge < -0.3 is 14.9 Å². The van der Waals surface area contributed by atoms with Crippen LogP contribution in [0.5, 0.6) is 11.5 Å². The fourth-order valence-electron chi connectivity index (χ4n) is 3.17. The van der Waals surface area contributed by atoms with E-state index in [4.69, 9.17) is 16.3 Å². The van der Waals surface area contributed by atoms with Gasteiger partial charge in [0.1, 0.15) is 17.1 Å². The number of rotatable bonds is 0. The van der Waals surface area contributed by atoms with Gasteiger partial charge in [0.2, 0.25) is 0 Å². The number of cyclic esters (lactones) is 1. The molecule has 0 aromatic heterocycles. The number of carbonyl (C=O) groups excluding carboxylic acids is 2. The number of fused-ring (bicyclic) bond motifs is 2. The number of ether oxygens (including phenoxy) is 1. The smallest absolute Gasteiger partial charge is 0.342 e. The average molecular weight is 363 g/mol. The predicted octanol–water partition coefficient (Wildman–Crippen LogP) is 3.56. The van der Waals surface area contributed by atoms with Gasteiger partial charge >= 0.3 is 5.97 Å². The lowest BCUT2D eigenvalue weighted by molar-refractivity contribution is -0.114. The minimum atomic E-state index is -0.747. The Labute approximate surface area is 150 Å². The van der Waals surface area contributed by atoms with Crippen molar-refractivity contribution in [3.63, 3.8) is 0 Å². The molecule has 1 heterocycles. The summed E-state index contributed by atoms with van der Waals surface area (Å²) in [4.78, 5) is 24.7. The van der Waals surface area contributed by atoms with Crippen LogP contribution in [-0.4, -0.2) is 28.1 Å². The Morgan fingerprint density at radius 1 is 1.16 bits per heavy atom. The lowest BCUT2D eigenvalue weighted by atomic mass is 10.00. The van der Waals surface area contributed by atoms with Crippen LogP contribution in [0.15, 0.2) is 30.4 Å². The maximum absolute atomic E-state index is 12.5. The Balaban J connectivity index is 2.01.